The number of carbonyl (C=O) groups is 1. The van der Waals surface area contributed by atoms with Gasteiger partial charge in [-0.1, -0.05) is 64.5 Å². The first kappa shape index (κ1) is 17.0. The Morgan fingerprint density at radius 1 is 1.15 bits per heavy atom. The SMILES string of the molecule is CCCCCC(C)CCC(C)C1=CC=C(OC=O)CC1. The molecule has 0 N–H and O–H groups in total. The molecule has 0 aromatic rings. The zero-order valence-corrected chi connectivity index (χ0v) is 13.4. The second-order valence-corrected chi connectivity index (χ2v) is 6.17. The van der Waals surface area contributed by atoms with E-state index in [1.807, 2.05) is 6.08 Å². The quantitative estimate of drug-likeness (QED) is 0.395. The summed E-state index contributed by atoms with van der Waals surface area (Å²) in [6, 6.07) is 0. The topological polar surface area (TPSA) is 26.3 Å². The lowest BCUT2D eigenvalue weighted by Crippen LogP contribution is -2.06. The van der Waals surface area contributed by atoms with Crippen molar-refractivity contribution in [1.82, 2.24) is 0 Å². The monoisotopic (exact) mass is 278 g/mol. The summed E-state index contributed by atoms with van der Waals surface area (Å²) in [5.41, 5.74) is 1.50. The van der Waals surface area contributed by atoms with Crippen LogP contribution in [0.3, 0.4) is 0 Å². The number of ether oxygens (including phenoxy) is 1. The zero-order chi connectivity index (χ0) is 14.8. The van der Waals surface area contributed by atoms with Crippen LogP contribution in [0.5, 0.6) is 0 Å². The van der Waals surface area contributed by atoms with Crippen molar-refractivity contribution in [3.8, 4) is 0 Å². The van der Waals surface area contributed by atoms with E-state index in [4.69, 9.17) is 4.74 Å². The summed E-state index contributed by atoms with van der Waals surface area (Å²) in [5, 5.41) is 0. The Kier molecular flexibility index (Phi) is 8.32. The highest BCUT2D eigenvalue weighted by Crippen LogP contribution is 2.29. The fraction of sp³-hybridized carbons (Fsp3) is 0.722. The molecule has 0 aromatic carbocycles. The zero-order valence-electron chi connectivity index (χ0n) is 13.4. The highest BCUT2D eigenvalue weighted by Gasteiger charge is 2.14. The molecule has 2 nitrogen and oxygen atoms in total. The Labute approximate surface area is 124 Å². The first-order valence-electron chi connectivity index (χ1n) is 8.17. The molecule has 0 saturated heterocycles. The Balaban J connectivity index is 2.29. The van der Waals surface area contributed by atoms with Gasteiger partial charge in [-0.05, 0) is 30.8 Å². The van der Waals surface area contributed by atoms with Crippen molar-refractivity contribution in [2.45, 2.75) is 72.1 Å². The Morgan fingerprint density at radius 2 is 1.95 bits per heavy atom. The van der Waals surface area contributed by atoms with Crippen LogP contribution in [-0.4, -0.2) is 6.47 Å². The third-order valence-corrected chi connectivity index (χ3v) is 4.37. The number of hydrogen-bond acceptors (Lipinski definition) is 2. The minimum absolute atomic E-state index is 0.520. The van der Waals surface area contributed by atoms with E-state index >= 15 is 0 Å². The number of unbranched alkanes of at least 4 members (excludes halogenated alkanes) is 2. The lowest BCUT2D eigenvalue weighted by atomic mass is 9.86. The standard InChI is InChI=1S/C18H30O2/c1-4-5-6-7-15(2)8-9-16(3)17-10-12-18(13-11-17)20-14-19/h10,12,14-16H,4-9,11,13H2,1-3H3. The van der Waals surface area contributed by atoms with Gasteiger partial charge in [-0.15, -0.1) is 0 Å². The van der Waals surface area contributed by atoms with Crippen molar-refractivity contribution in [2.75, 3.05) is 0 Å². The van der Waals surface area contributed by atoms with Crippen LogP contribution in [0.4, 0.5) is 0 Å². The number of hydrogen-bond donors (Lipinski definition) is 0. The van der Waals surface area contributed by atoms with Gasteiger partial charge in [0.05, 0.1) is 0 Å². The average Bonchev–Trinajstić information content (AvgIpc) is 2.46. The third-order valence-electron chi connectivity index (χ3n) is 4.37. The van der Waals surface area contributed by atoms with Gasteiger partial charge in [-0.2, -0.15) is 0 Å². The maximum Gasteiger partial charge on any atom is 0.298 e. The molecule has 1 rings (SSSR count). The van der Waals surface area contributed by atoms with Crippen LogP contribution in [0.2, 0.25) is 0 Å². The van der Waals surface area contributed by atoms with Crippen molar-refractivity contribution in [1.29, 1.82) is 0 Å². The molecular weight excluding hydrogens is 248 g/mol. The summed E-state index contributed by atoms with van der Waals surface area (Å²) in [6.07, 6.45) is 14.0. The van der Waals surface area contributed by atoms with Crippen LogP contribution < -0.4 is 0 Å². The minimum atomic E-state index is 0.520. The number of carbonyl (C=O) groups excluding carboxylic acids is 1. The summed E-state index contributed by atoms with van der Waals surface area (Å²) in [6.45, 7) is 7.49. The van der Waals surface area contributed by atoms with Gasteiger partial charge < -0.3 is 4.74 Å². The molecule has 0 aromatic heterocycles. The van der Waals surface area contributed by atoms with Gasteiger partial charge in [0.15, 0.2) is 0 Å². The lowest BCUT2D eigenvalue weighted by Gasteiger charge is -2.21. The Bertz CT molecular complexity index is 341. The van der Waals surface area contributed by atoms with Crippen molar-refractivity contribution in [2.24, 2.45) is 11.8 Å². The second-order valence-electron chi connectivity index (χ2n) is 6.17. The average molecular weight is 278 g/mol. The van der Waals surface area contributed by atoms with Gasteiger partial charge in [0.25, 0.3) is 6.47 Å². The van der Waals surface area contributed by atoms with Crippen LogP contribution in [0.15, 0.2) is 23.5 Å². The van der Waals surface area contributed by atoms with Crippen molar-refractivity contribution in [3.05, 3.63) is 23.5 Å². The fourth-order valence-corrected chi connectivity index (χ4v) is 2.81. The van der Waals surface area contributed by atoms with Gasteiger partial charge in [0.2, 0.25) is 0 Å². The first-order chi connectivity index (χ1) is 9.67. The molecule has 0 aliphatic heterocycles. The van der Waals surface area contributed by atoms with Crippen molar-refractivity contribution < 1.29 is 9.53 Å². The molecule has 2 unspecified atom stereocenters. The summed E-state index contributed by atoms with van der Waals surface area (Å²) < 4.78 is 4.90. The molecule has 2 heteroatoms. The predicted molar refractivity (Wildman–Crippen MR) is 84.3 cm³/mol. The lowest BCUT2D eigenvalue weighted by molar-refractivity contribution is -0.125. The van der Waals surface area contributed by atoms with Gasteiger partial charge in [-0.25, -0.2) is 0 Å². The van der Waals surface area contributed by atoms with Gasteiger partial charge in [-0.3, -0.25) is 4.79 Å². The molecule has 0 saturated carbocycles. The van der Waals surface area contributed by atoms with E-state index in [0.717, 1.165) is 24.5 Å². The maximum atomic E-state index is 10.3. The molecule has 1 aliphatic rings. The van der Waals surface area contributed by atoms with E-state index < -0.39 is 0 Å². The van der Waals surface area contributed by atoms with Crippen molar-refractivity contribution >= 4 is 6.47 Å². The molecule has 20 heavy (non-hydrogen) atoms. The van der Waals surface area contributed by atoms with Crippen LogP contribution in [-0.2, 0) is 9.53 Å². The maximum absolute atomic E-state index is 10.3. The van der Waals surface area contributed by atoms with E-state index in [-0.39, 0.29) is 0 Å². The molecule has 0 fully saturated rings. The second kappa shape index (κ2) is 9.79. The minimum Gasteiger partial charge on any atom is -0.433 e. The molecule has 1 aliphatic carbocycles. The Hall–Kier alpha value is -1.05. The third kappa shape index (κ3) is 6.40. The Morgan fingerprint density at radius 3 is 2.55 bits per heavy atom. The normalized spacial score (nSPS) is 17.9. The van der Waals surface area contributed by atoms with Crippen LogP contribution in [0, 0.1) is 11.8 Å². The van der Waals surface area contributed by atoms with E-state index in [9.17, 15) is 4.79 Å². The smallest absolute Gasteiger partial charge is 0.298 e. The van der Waals surface area contributed by atoms with E-state index in [1.54, 1.807) is 0 Å². The fourth-order valence-electron chi connectivity index (χ4n) is 2.81. The summed E-state index contributed by atoms with van der Waals surface area (Å²) in [7, 11) is 0. The summed E-state index contributed by atoms with van der Waals surface area (Å²) >= 11 is 0. The predicted octanol–water partition coefficient (Wildman–Crippen LogP) is 5.40. The molecule has 0 bridgehead atoms. The molecule has 2 atom stereocenters. The molecule has 0 amide bonds. The van der Waals surface area contributed by atoms with Crippen LogP contribution >= 0.6 is 0 Å². The van der Waals surface area contributed by atoms with Gasteiger partial charge in [0.1, 0.15) is 5.76 Å². The van der Waals surface area contributed by atoms with Crippen LogP contribution in [0.25, 0.3) is 0 Å². The van der Waals surface area contributed by atoms with Gasteiger partial charge >= 0.3 is 0 Å². The van der Waals surface area contributed by atoms with E-state index in [0.29, 0.717) is 12.4 Å². The number of rotatable bonds is 10. The highest BCUT2D eigenvalue weighted by molar-refractivity contribution is 5.41. The first-order valence-corrected chi connectivity index (χ1v) is 8.17. The van der Waals surface area contributed by atoms with Gasteiger partial charge in [0, 0.05) is 6.42 Å². The summed E-state index contributed by atoms with van der Waals surface area (Å²) in [5.74, 6) is 2.29. The largest absolute Gasteiger partial charge is 0.433 e. The van der Waals surface area contributed by atoms with E-state index in [1.165, 1.54) is 44.1 Å². The molecule has 114 valence electrons. The van der Waals surface area contributed by atoms with Crippen LogP contribution in [0.1, 0.15) is 72.1 Å². The highest BCUT2D eigenvalue weighted by atomic mass is 16.5. The summed E-state index contributed by atoms with van der Waals surface area (Å²) in [4.78, 5) is 10.3. The molecule has 0 spiro atoms. The molecule has 0 radical (unpaired) electrons. The molecule has 0 heterocycles. The van der Waals surface area contributed by atoms with Crippen molar-refractivity contribution in [3.63, 3.8) is 0 Å². The number of allylic oxidation sites excluding steroid dienone is 4. The molecular formula is C18H30O2. The van der Waals surface area contributed by atoms with E-state index in [2.05, 4.69) is 26.8 Å².